The number of rotatable bonds is 17. The predicted octanol–water partition coefficient (Wildman–Crippen LogP) is 5.46. The van der Waals surface area contributed by atoms with E-state index in [1.807, 2.05) is 30.3 Å². The number of esters is 2. The zero-order valence-electron chi connectivity index (χ0n) is 18.4. The Bertz CT molecular complexity index is 551. The zero-order valence-corrected chi connectivity index (χ0v) is 18.4. The van der Waals surface area contributed by atoms with Crippen molar-refractivity contribution in [2.45, 2.75) is 109 Å². The van der Waals surface area contributed by atoms with Crippen LogP contribution in [-0.2, 0) is 20.7 Å². The van der Waals surface area contributed by atoms with Crippen molar-refractivity contribution in [3.05, 3.63) is 35.9 Å². The molecule has 0 amide bonds. The summed E-state index contributed by atoms with van der Waals surface area (Å²) in [5, 5.41) is 0. The molecule has 0 aliphatic rings. The summed E-state index contributed by atoms with van der Waals surface area (Å²) in [6.45, 7) is 2.26. The Hall–Kier alpha value is -0.680. The molecule has 0 radical (unpaired) electrons. The number of carbonyl (C=O) groups excluding carboxylic acids is 2. The molecule has 0 fully saturated rings. The third-order valence-corrected chi connectivity index (χ3v) is 5.30. The Balaban J connectivity index is 0.00000841. The molecule has 0 saturated carbocycles. The molecule has 0 spiro atoms. The van der Waals surface area contributed by atoms with Crippen molar-refractivity contribution in [3.8, 4) is 0 Å². The number of hydrogen-bond donors (Lipinski definition) is 1. The molecule has 1 unspecified atom stereocenters. The standard InChI is InChI=1S/C25H41NO3.Na.H/c1-2-3-4-5-6-7-8-9-10-11-12-13-17-20-24(27)29-25(28)23(26)21-22-18-15-14-16-19-22;;/h14-16,18-19,23H,2-13,17,20-21,26H2,1H3;;. The van der Waals surface area contributed by atoms with E-state index in [4.69, 9.17) is 10.5 Å². The van der Waals surface area contributed by atoms with Gasteiger partial charge in [0.05, 0.1) is 0 Å². The summed E-state index contributed by atoms with van der Waals surface area (Å²) in [5.41, 5.74) is 6.80. The molecule has 0 aliphatic heterocycles. The van der Waals surface area contributed by atoms with Gasteiger partial charge in [-0.3, -0.25) is 4.79 Å². The van der Waals surface area contributed by atoms with Crippen LogP contribution in [0.2, 0.25) is 0 Å². The van der Waals surface area contributed by atoms with Crippen LogP contribution in [0.4, 0.5) is 0 Å². The van der Waals surface area contributed by atoms with Gasteiger partial charge in [0.25, 0.3) is 0 Å². The molecule has 1 atom stereocenters. The Morgan fingerprint density at radius 1 is 0.800 bits per heavy atom. The molecule has 1 aromatic carbocycles. The van der Waals surface area contributed by atoms with Crippen LogP contribution in [0.5, 0.6) is 0 Å². The van der Waals surface area contributed by atoms with Gasteiger partial charge in [-0.15, -0.1) is 0 Å². The minimum absolute atomic E-state index is 0. The molecule has 2 N–H and O–H groups in total. The van der Waals surface area contributed by atoms with Crippen LogP contribution in [0.25, 0.3) is 0 Å². The first-order valence-electron chi connectivity index (χ1n) is 11.7. The van der Waals surface area contributed by atoms with E-state index in [0.717, 1.165) is 24.8 Å². The number of nitrogens with two attached hydrogens (primary N) is 1. The summed E-state index contributed by atoms with van der Waals surface area (Å²) in [6.07, 6.45) is 17.0. The maximum atomic E-state index is 11.9. The fraction of sp³-hybridized carbons (Fsp3) is 0.680. The van der Waals surface area contributed by atoms with Crippen LogP contribution < -0.4 is 5.73 Å². The second kappa shape index (κ2) is 20.2. The van der Waals surface area contributed by atoms with E-state index in [1.165, 1.54) is 64.2 Å². The van der Waals surface area contributed by atoms with Crippen molar-refractivity contribution < 1.29 is 14.3 Å². The van der Waals surface area contributed by atoms with Crippen molar-refractivity contribution in [1.29, 1.82) is 0 Å². The summed E-state index contributed by atoms with van der Waals surface area (Å²) in [7, 11) is 0. The van der Waals surface area contributed by atoms with Gasteiger partial charge in [0, 0.05) is 6.42 Å². The summed E-state index contributed by atoms with van der Waals surface area (Å²) < 4.78 is 4.89. The first-order chi connectivity index (χ1) is 14.1. The minimum atomic E-state index is -0.798. The Morgan fingerprint density at radius 2 is 1.27 bits per heavy atom. The topological polar surface area (TPSA) is 69.4 Å². The Kier molecular flexibility index (Phi) is 19.8. The van der Waals surface area contributed by atoms with E-state index >= 15 is 0 Å². The average Bonchev–Trinajstić information content (AvgIpc) is 2.72. The van der Waals surface area contributed by atoms with Crippen LogP contribution in [0.1, 0.15) is 102 Å². The predicted molar refractivity (Wildman–Crippen MR) is 127 cm³/mol. The SMILES string of the molecule is CCCCCCCCCCCCCCCC(=O)OC(=O)C(N)Cc1ccccc1.[NaH]. The van der Waals surface area contributed by atoms with Crippen molar-refractivity contribution >= 4 is 41.5 Å². The van der Waals surface area contributed by atoms with Crippen LogP contribution in [0.3, 0.4) is 0 Å². The van der Waals surface area contributed by atoms with Crippen molar-refractivity contribution in [1.82, 2.24) is 0 Å². The van der Waals surface area contributed by atoms with Gasteiger partial charge in [-0.25, -0.2) is 4.79 Å². The molecule has 1 rings (SSSR count). The molecule has 0 heterocycles. The van der Waals surface area contributed by atoms with Gasteiger partial charge >= 0.3 is 41.5 Å². The molecule has 0 bridgehead atoms. The van der Waals surface area contributed by atoms with Crippen LogP contribution in [0, 0.1) is 0 Å². The van der Waals surface area contributed by atoms with Gasteiger partial charge in [0.1, 0.15) is 6.04 Å². The zero-order chi connectivity index (χ0) is 21.2. The molecule has 0 aliphatic carbocycles. The average molecular weight is 428 g/mol. The van der Waals surface area contributed by atoms with Crippen LogP contribution in [-0.4, -0.2) is 47.5 Å². The quantitative estimate of drug-likeness (QED) is 0.155. The van der Waals surface area contributed by atoms with E-state index in [-0.39, 0.29) is 29.6 Å². The van der Waals surface area contributed by atoms with Gasteiger partial charge in [0.15, 0.2) is 0 Å². The third-order valence-electron chi connectivity index (χ3n) is 5.30. The van der Waals surface area contributed by atoms with Gasteiger partial charge in [-0.2, -0.15) is 0 Å². The molecule has 1 aromatic rings. The molecule has 4 nitrogen and oxygen atoms in total. The van der Waals surface area contributed by atoms with E-state index in [2.05, 4.69) is 6.92 Å². The fourth-order valence-electron chi connectivity index (χ4n) is 3.48. The summed E-state index contributed by atoms with van der Waals surface area (Å²) in [4.78, 5) is 23.7. The fourth-order valence-corrected chi connectivity index (χ4v) is 3.48. The number of unbranched alkanes of at least 4 members (excludes halogenated alkanes) is 12. The van der Waals surface area contributed by atoms with E-state index < -0.39 is 18.0 Å². The van der Waals surface area contributed by atoms with Crippen molar-refractivity contribution in [3.63, 3.8) is 0 Å². The monoisotopic (exact) mass is 427 g/mol. The molecular formula is C25H42NNaO3. The van der Waals surface area contributed by atoms with Crippen molar-refractivity contribution in [2.75, 3.05) is 0 Å². The van der Waals surface area contributed by atoms with E-state index in [9.17, 15) is 9.59 Å². The molecule has 166 valence electrons. The Morgan fingerprint density at radius 3 is 1.77 bits per heavy atom. The number of carbonyl (C=O) groups is 2. The normalized spacial score (nSPS) is 11.5. The molecule has 0 aromatic heterocycles. The van der Waals surface area contributed by atoms with Gasteiger partial charge in [-0.1, -0.05) is 114 Å². The number of ether oxygens (including phenoxy) is 1. The first kappa shape index (κ1) is 29.3. The summed E-state index contributed by atoms with van der Waals surface area (Å²) in [5.74, 6) is -1.09. The van der Waals surface area contributed by atoms with Crippen LogP contribution in [0.15, 0.2) is 30.3 Å². The maximum absolute atomic E-state index is 11.9. The third kappa shape index (κ3) is 16.1. The van der Waals surface area contributed by atoms with E-state index in [0.29, 0.717) is 12.8 Å². The van der Waals surface area contributed by atoms with E-state index in [1.54, 1.807) is 0 Å². The summed E-state index contributed by atoms with van der Waals surface area (Å²) >= 11 is 0. The second-order valence-corrected chi connectivity index (χ2v) is 8.08. The summed E-state index contributed by atoms with van der Waals surface area (Å²) in [6, 6.07) is 8.71. The molecular weight excluding hydrogens is 385 g/mol. The van der Waals surface area contributed by atoms with Gasteiger partial charge in [-0.05, 0) is 18.4 Å². The second-order valence-electron chi connectivity index (χ2n) is 8.08. The van der Waals surface area contributed by atoms with Gasteiger partial charge in [0.2, 0.25) is 0 Å². The number of hydrogen-bond acceptors (Lipinski definition) is 4. The molecule has 0 saturated heterocycles. The Labute approximate surface area is 206 Å². The first-order valence-corrected chi connectivity index (χ1v) is 11.7. The number of benzene rings is 1. The molecule has 30 heavy (non-hydrogen) atoms. The van der Waals surface area contributed by atoms with Crippen molar-refractivity contribution in [2.24, 2.45) is 5.73 Å². The molecule has 5 heteroatoms. The van der Waals surface area contributed by atoms with Gasteiger partial charge < -0.3 is 10.5 Å². The van der Waals surface area contributed by atoms with Crippen LogP contribution >= 0.6 is 0 Å².